The predicted octanol–water partition coefficient (Wildman–Crippen LogP) is 5.31. The van der Waals surface area contributed by atoms with Crippen LogP contribution in [0.5, 0.6) is 0 Å². The van der Waals surface area contributed by atoms with Crippen LogP contribution in [0, 0.1) is 27.7 Å². The van der Waals surface area contributed by atoms with Gasteiger partial charge >= 0.3 is 234 Å². The second-order valence-electron chi connectivity index (χ2n) is 12.8. The van der Waals surface area contributed by atoms with Crippen LogP contribution < -0.4 is 24.8 Å². The van der Waals surface area contributed by atoms with E-state index in [1.807, 2.05) is 8.84 Å². The summed E-state index contributed by atoms with van der Waals surface area (Å²) in [6.45, 7) is 16.7. The third-order valence-electron chi connectivity index (χ3n) is 10.6. The minimum atomic E-state index is -2.85. The summed E-state index contributed by atoms with van der Waals surface area (Å²) >= 11 is -2.85. The molecular formula is C36H50Cl2Zr. The third kappa shape index (κ3) is 5.37. The van der Waals surface area contributed by atoms with E-state index in [-0.39, 0.29) is 24.8 Å². The molecule has 0 N–H and O–H groups in total. The van der Waals surface area contributed by atoms with E-state index in [0.29, 0.717) is 6.75 Å². The number of rotatable bonds is 11. The summed E-state index contributed by atoms with van der Waals surface area (Å²) in [6.07, 6.45) is 21.1. The molecule has 0 saturated carbocycles. The Balaban J connectivity index is 0.00000210. The number of aryl methyl sites for hydroxylation is 3. The number of unbranched alkanes of at least 4 members (excludes halogenated alkanes) is 3. The van der Waals surface area contributed by atoms with Gasteiger partial charge in [0.15, 0.2) is 0 Å². The van der Waals surface area contributed by atoms with Crippen LogP contribution in [0.1, 0.15) is 121 Å². The Hall–Kier alpha value is -0.617. The van der Waals surface area contributed by atoms with Gasteiger partial charge in [-0.15, -0.1) is 0 Å². The SMILES string of the molecule is CCCCc1c(C)c(C)cc2c1[CH]([Zr+2]1([C]3=CC=CC3)[CH2][C]1(CCCC)CCCC)c1cc(C)c(C)cc1-2.[Cl-].[Cl-]. The van der Waals surface area contributed by atoms with Crippen LogP contribution in [-0.2, 0) is 26.7 Å². The van der Waals surface area contributed by atoms with Gasteiger partial charge < -0.3 is 24.8 Å². The van der Waals surface area contributed by atoms with E-state index < -0.39 is 20.3 Å². The zero-order chi connectivity index (χ0) is 26.4. The van der Waals surface area contributed by atoms with Crippen molar-refractivity contribution in [3.8, 4) is 11.1 Å². The van der Waals surface area contributed by atoms with E-state index in [0.717, 1.165) is 0 Å². The first-order valence-corrected chi connectivity index (χ1v) is 21.1. The Morgan fingerprint density at radius 2 is 1.41 bits per heavy atom. The fraction of sp³-hybridized carbons (Fsp3) is 0.556. The van der Waals surface area contributed by atoms with Crippen LogP contribution in [0.25, 0.3) is 11.1 Å². The second kappa shape index (κ2) is 13.1. The van der Waals surface area contributed by atoms with Crippen molar-refractivity contribution in [2.75, 3.05) is 0 Å². The van der Waals surface area contributed by atoms with Gasteiger partial charge in [-0.1, -0.05) is 0 Å². The van der Waals surface area contributed by atoms with Crippen LogP contribution in [0.4, 0.5) is 0 Å². The van der Waals surface area contributed by atoms with Crippen molar-refractivity contribution in [2.24, 2.45) is 0 Å². The molecule has 2 aromatic rings. The largest absolute Gasteiger partial charge is 1.00 e. The summed E-state index contributed by atoms with van der Waals surface area (Å²) in [7, 11) is 0. The van der Waals surface area contributed by atoms with Crippen LogP contribution >= 0.6 is 0 Å². The molecule has 1 aliphatic heterocycles. The summed E-state index contributed by atoms with van der Waals surface area (Å²) in [5.74, 6) is 0. The van der Waals surface area contributed by atoms with Gasteiger partial charge in [0.1, 0.15) is 0 Å². The second-order valence-corrected chi connectivity index (χ2v) is 24.0. The molecule has 0 amide bonds. The van der Waals surface area contributed by atoms with Crippen LogP contribution in [0.3, 0.4) is 0 Å². The van der Waals surface area contributed by atoms with Gasteiger partial charge in [0.25, 0.3) is 0 Å². The molecule has 0 bridgehead atoms. The monoisotopic (exact) mass is 642 g/mol. The molecule has 2 aliphatic carbocycles. The van der Waals surface area contributed by atoms with Crippen LogP contribution in [0.2, 0.25) is 7.25 Å². The zero-order valence-electron chi connectivity index (χ0n) is 25.6. The maximum atomic E-state index is 2.66. The average molecular weight is 645 g/mol. The summed E-state index contributed by atoms with van der Waals surface area (Å²) < 4.78 is 4.90. The van der Waals surface area contributed by atoms with Gasteiger partial charge in [-0.25, -0.2) is 0 Å². The first-order valence-electron chi connectivity index (χ1n) is 15.5. The average Bonchev–Trinajstić information content (AvgIpc) is 3.16. The van der Waals surface area contributed by atoms with Gasteiger partial charge in [-0.05, 0) is 0 Å². The molecule has 1 heterocycles. The van der Waals surface area contributed by atoms with Gasteiger partial charge in [-0.2, -0.15) is 0 Å². The van der Waals surface area contributed by atoms with Gasteiger partial charge in [0.05, 0.1) is 0 Å². The molecule has 3 heteroatoms. The first-order chi connectivity index (χ1) is 17.8. The summed E-state index contributed by atoms with van der Waals surface area (Å²) in [5.41, 5.74) is 14.5. The van der Waals surface area contributed by atoms with Crippen molar-refractivity contribution in [3.05, 3.63) is 78.7 Å². The van der Waals surface area contributed by atoms with Crippen molar-refractivity contribution in [3.63, 3.8) is 0 Å². The molecular weight excluding hydrogens is 595 g/mol. The molecule has 39 heavy (non-hydrogen) atoms. The van der Waals surface area contributed by atoms with E-state index >= 15 is 0 Å². The molecule has 0 spiro atoms. The summed E-state index contributed by atoms with van der Waals surface area (Å²) in [5, 5.41) is 0. The maximum absolute atomic E-state index is 2.85. The van der Waals surface area contributed by atoms with Crippen molar-refractivity contribution in [1.82, 2.24) is 0 Å². The van der Waals surface area contributed by atoms with Gasteiger partial charge in [0, 0.05) is 0 Å². The smallest absolute Gasteiger partial charge is 1.00 e. The number of benzene rings is 2. The van der Waals surface area contributed by atoms with Crippen molar-refractivity contribution in [2.45, 2.75) is 124 Å². The number of hydrogen-bond donors (Lipinski definition) is 0. The van der Waals surface area contributed by atoms with E-state index in [9.17, 15) is 0 Å². The van der Waals surface area contributed by atoms with Gasteiger partial charge in [-0.3, -0.25) is 0 Å². The molecule has 2 unspecified atom stereocenters. The molecule has 1 fully saturated rings. The van der Waals surface area contributed by atoms with E-state index in [1.165, 1.54) is 80.9 Å². The number of allylic oxidation sites excluding steroid dienone is 4. The fourth-order valence-electron chi connectivity index (χ4n) is 8.30. The molecule has 1 saturated heterocycles. The predicted molar refractivity (Wildman–Crippen MR) is 160 cm³/mol. The maximum Gasteiger partial charge on any atom is -1.00 e. The minimum Gasteiger partial charge on any atom is -1.00 e. The molecule has 0 aromatic heterocycles. The number of fused-ring (bicyclic) bond motifs is 3. The van der Waals surface area contributed by atoms with Crippen molar-refractivity contribution < 1.29 is 45.1 Å². The topological polar surface area (TPSA) is 0 Å². The summed E-state index contributed by atoms with van der Waals surface area (Å²) in [4.78, 5) is 0. The van der Waals surface area contributed by atoms with Crippen LogP contribution in [0.15, 0.2) is 39.7 Å². The Morgan fingerprint density at radius 3 is 2.00 bits per heavy atom. The van der Waals surface area contributed by atoms with E-state index in [4.69, 9.17) is 0 Å². The molecule has 5 rings (SSSR count). The molecule has 2 atom stereocenters. The zero-order valence-corrected chi connectivity index (χ0v) is 29.5. The Kier molecular flexibility index (Phi) is 11.1. The number of hydrogen-bond acceptors (Lipinski definition) is 0. The van der Waals surface area contributed by atoms with Gasteiger partial charge in [0.2, 0.25) is 0 Å². The summed E-state index contributed by atoms with van der Waals surface area (Å²) in [6, 6.07) is 7.83. The third-order valence-corrected chi connectivity index (χ3v) is 26.6. The molecule has 212 valence electrons. The van der Waals surface area contributed by atoms with E-state index in [2.05, 4.69) is 84.9 Å². The Labute approximate surface area is 256 Å². The molecule has 3 aliphatic rings. The Morgan fingerprint density at radius 1 is 0.795 bits per heavy atom. The molecule has 0 radical (unpaired) electrons. The van der Waals surface area contributed by atoms with Crippen molar-refractivity contribution >= 4 is 0 Å². The molecule has 0 nitrogen and oxygen atoms in total. The fourth-order valence-corrected chi connectivity index (χ4v) is 28.6. The quantitative estimate of drug-likeness (QED) is 0.311. The molecule has 2 aromatic carbocycles. The standard InChI is InChI=1S/C21H25.C10H20.C5H5.2ClH.Zr/c1-6-7-8-18-16(5)15(4)11-20-19-10-14(3)13(2)9-17(19)12-21(18)20;1-4-6-8-10(3)9-7-5-2;1-2-4-5-3-1;;;/h9-12H,6-8H2,1-5H3;3-9H2,1-2H3;1-3H,4H2;2*1H;/q;;;;;+2/p-2. The normalized spacial score (nSPS) is 20.0. The number of halogens is 2. The van der Waals surface area contributed by atoms with E-state index in [1.54, 1.807) is 31.9 Å². The van der Waals surface area contributed by atoms with Crippen molar-refractivity contribution in [1.29, 1.82) is 0 Å². The Bertz CT molecular complexity index is 1250. The van der Waals surface area contributed by atoms with Crippen LogP contribution in [-0.4, -0.2) is 0 Å². The first kappa shape index (κ1) is 32.9. The minimum absolute atomic E-state index is 0.